The van der Waals surface area contributed by atoms with E-state index in [1.54, 1.807) is 36.4 Å². The fourth-order valence-corrected chi connectivity index (χ4v) is 3.26. The Morgan fingerprint density at radius 1 is 0.821 bits per heavy atom. The van der Waals surface area contributed by atoms with Gasteiger partial charge in [0.25, 0.3) is 0 Å². The van der Waals surface area contributed by atoms with Crippen molar-refractivity contribution in [2.45, 2.75) is 12.5 Å². The van der Waals surface area contributed by atoms with Crippen LogP contribution in [0.4, 0.5) is 0 Å². The summed E-state index contributed by atoms with van der Waals surface area (Å²) in [6.07, 6.45) is 0.930. The monoisotopic (exact) mass is 369 g/mol. The van der Waals surface area contributed by atoms with Gasteiger partial charge in [-0.15, -0.1) is 0 Å². The Kier molecular flexibility index (Phi) is 5.02. The summed E-state index contributed by atoms with van der Waals surface area (Å²) in [5, 5.41) is 0.977. The number of hydrogen-bond donors (Lipinski definition) is 1. The minimum absolute atomic E-state index is 0.0927. The molecule has 4 nitrogen and oxygen atoms in total. The Morgan fingerprint density at radius 3 is 2.21 bits per heavy atom. The van der Waals surface area contributed by atoms with E-state index >= 15 is 0 Å². The van der Waals surface area contributed by atoms with Crippen LogP contribution in [0.3, 0.4) is 0 Å². The molecule has 1 N–H and O–H groups in total. The van der Waals surface area contributed by atoms with Crippen LogP contribution in [0, 0.1) is 0 Å². The van der Waals surface area contributed by atoms with Gasteiger partial charge in [0.2, 0.25) is 5.78 Å². The van der Waals surface area contributed by atoms with E-state index in [-0.39, 0.29) is 12.2 Å². The molecule has 1 heterocycles. The predicted molar refractivity (Wildman–Crippen MR) is 108 cm³/mol. The van der Waals surface area contributed by atoms with Crippen LogP contribution in [-0.2, 0) is 16.0 Å². The summed E-state index contributed by atoms with van der Waals surface area (Å²) in [4.78, 5) is 28.8. The summed E-state index contributed by atoms with van der Waals surface area (Å²) >= 11 is 0. The highest BCUT2D eigenvalue weighted by atomic mass is 16.5. The highest BCUT2D eigenvalue weighted by Crippen LogP contribution is 2.24. The van der Waals surface area contributed by atoms with E-state index in [0.29, 0.717) is 11.1 Å². The number of carbonyl (C=O) groups is 2. The third-order valence-electron chi connectivity index (χ3n) is 4.66. The Morgan fingerprint density at radius 2 is 1.46 bits per heavy atom. The van der Waals surface area contributed by atoms with Crippen LogP contribution in [0.5, 0.6) is 0 Å². The molecule has 4 aromatic rings. The standard InChI is InChI=1S/C24H19NO3/c26-22(15-19-16-25-21-14-8-7-13-20(19)21)28-24(18-11-5-2-6-12-18)23(27)17-9-3-1-4-10-17/h1-14,16,24-25H,15H2/t24-/m0/s1. The molecule has 0 radical (unpaired) electrons. The third kappa shape index (κ3) is 3.71. The van der Waals surface area contributed by atoms with Gasteiger partial charge >= 0.3 is 5.97 Å². The molecule has 0 fully saturated rings. The Hall–Kier alpha value is -3.66. The summed E-state index contributed by atoms with van der Waals surface area (Å²) in [7, 11) is 0. The molecule has 0 saturated carbocycles. The summed E-state index contributed by atoms with van der Waals surface area (Å²) in [5.41, 5.74) is 2.98. The third-order valence-corrected chi connectivity index (χ3v) is 4.66. The quantitative estimate of drug-likeness (QED) is 0.389. The van der Waals surface area contributed by atoms with Crippen LogP contribution in [0.15, 0.2) is 91.1 Å². The zero-order valence-corrected chi connectivity index (χ0v) is 15.2. The smallest absolute Gasteiger partial charge is 0.311 e. The number of hydrogen-bond acceptors (Lipinski definition) is 3. The fourth-order valence-electron chi connectivity index (χ4n) is 3.26. The second-order valence-corrected chi connectivity index (χ2v) is 6.55. The van der Waals surface area contributed by atoms with Crippen molar-refractivity contribution in [3.05, 3.63) is 108 Å². The highest BCUT2D eigenvalue weighted by molar-refractivity contribution is 6.01. The summed E-state index contributed by atoms with van der Waals surface area (Å²) in [6, 6.07) is 25.8. The summed E-state index contributed by atoms with van der Waals surface area (Å²) in [5.74, 6) is -0.679. The van der Waals surface area contributed by atoms with Gasteiger partial charge in [0.15, 0.2) is 6.10 Å². The topological polar surface area (TPSA) is 59.2 Å². The van der Waals surface area contributed by atoms with Gasteiger partial charge in [0.05, 0.1) is 6.42 Å². The number of carbonyl (C=O) groups excluding carboxylic acids is 2. The normalized spacial score (nSPS) is 11.9. The van der Waals surface area contributed by atoms with Gasteiger partial charge in [-0.2, -0.15) is 0 Å². The number of aromatic amines is 1. The van der Waals surface area contributed by atoms with Crippen molar-refractivity contribution in [1.29, 1.82) is 0 Å². The van der Waals surface area contributed by atoms with Gasteiger partial charge < -0.3 is 9.72 Å². The van der Waals surface area contributed by atoms with Gasteiger partial charge in [-0.05, 0) is 11.6 Å². The summed E-state index contributed by atoms with van der Waals surface area (Å²) < 4.78 is 5.67. The maximum absolute atomic E-state index is 13.0. The second-order valence-electron chi connectivity index (χ2n) is 6.55. The van der Waals surface area contributed by atoms with Gasteiger partial charge in [-0.3, -0.25) is 9.59 Å². The predicted octanol–water partition coefficient (Wildman–Crippen LogP) is 4.88. The molecule has 4 rings (SSSR count). The number of esters is 1. The maximum Gasteiger partial charge on any atom is 0.311 e. The second kappa shape index (κ2) is 7.92. The van der Waals surface area contributed by atoms with Crippen LogP contribution in [-0.4, -0.2) is 16.7 Å². The van der Waals surface area contributed by atoms with Crippen molar-refractivity contribution in [3.8, 4) is 0 Å². The molecule has 3 aromatic carbocycles. The average molecular weight is 369 g/mol. The number of H-pyrrole nitrogens is 1. The number of fused-ring (bicyclic) bond motifs is 1. The Bertz CT molecular complexity index is 1100. The highest BCUT2D eigenvalue weighted by Gasteiger charge is 2.26. The van der Waals surface area contributed by atoms with Crippen molar-refractivity contribution in [2.24, 2.45) is 0 Å². The zero-order valence-electron chi connectivity index (χ0n) is 15.2. The first-order valence-electron chi connectivity index (χ1n) is 9.11. The minimum Gasteiger partial charge on any atom is -0.449 e. The van der Waals surface area contributed by atoms with E-state index in [4.69, 9.17) is 4.74 Å². The molecule has 4 heteroatoms. The number of para-hydroxylation sites is 1. The molecular weight excluding hydrogens is 350 g/mol. The summed E-state index contributed by atoms with van der Waals surface area (Å²) in [6.45, 7) is 0. The van der Waals surface area contributed by atoms with Gasteiger partial charge in [-0.1, -0.05) is 78.9 Å². The van der Waals surface area contributed by atoms with E-state index in [1.165, 1.54) is 0 Å². The molecule has 1 atom stereocenters. The number of rotatable bonds is 6. The first-order valence-corrected chi connectivity index (χ1v) is 9.11. The lowest BCUT2D eigenvalue weighted by Gasteiger charge is -2.17. The molecular formula is C24H19NO3. The largest absolute Gasteiger partial charge is 0.449 e. The molecule has 0 bridgehead atoms. The van der Waals surface area contributed by atoms with E-state index in [1.807, 2.05) is 54.7 Å². The fraction of sp³-hybridized carbons (Fsp3) is 0.0833. The van der Waals surface area contributed by atoms with Crippen LogP contribution in [0.2, 0.25) is 0 Å². The van der Waals surface area contributed by atoms with Crippen molar-refractivity contribution in [1.82, 2.24) is 4.98 Å². The lowest BCUT2D eigenvalue weighted by molar-refractivity contribution is -0.146. The first kappa shape index (κ1) is 17.7. The molecule has 138 valence electrons. The maximum atomic E-state index is 13.0. The minimum atomic E-state index is -0.971. The van der Waals surface area contributed by atoms with E-state index < -0.39 is 12.1 Å². The molecule has 0 spiro atoms. The van der Waals surface area contributed by atoms with Crippen LogP contribution in [0.1, 0.15) is 27.6 Å². The lowest BCUT2D eigenvalue weighted by Crippen LogP contribution is -2.21. The van der Waals surface area contributed by atoms with Crippen molar-refractivity contribution in [2.75, 3.05) is 0 Å². The van der Waals surface area contributed by atoms with Gasteiger partial charge in [0.1, 0.15) is 0 Å². The van der Waals surface area contributed by atoms with Crippen molar-refractivity contribution >= 4 is 22.7 Å². The lowest BCUT2D eigenvalue weighted by atomic mass is 10.00. The molecule has 0 amide bonds. The van der Waals surface area contributed by atoms with Crippen molar-refractivity contribution in [3.63, 3.8) is 0 Å². The molecule has 28 heavy (non-hydrogen) atoms. The van der Waals surface area contributed by atoms with E-state index in [9.17, 15) is 9.59 Å². The molecule has 0 aliphatic carbocycles. The van der Waals surface area contributed by atoms with Crippen LogP contribution < -0.4 is 0 Å². The Balaban J connectivity index is 1.58. The van der Waals surface area contributed by atoms with Gasteiger partial charge in [-0.25, -0.2) is 0 Å². The number of ether oxygens (including phenoxy) is 1. The molecule has 0 aliphatic heterocycles. The van der Waals surface area contributed by atoms with Crippen molar-refractivity contribution < 1.29 is 14.3 Å². The van der Waals surface area contributed by atoms with Crippen LogP contribution >= 0.6 is 0 Å². The zero-order chi connectivity index (χ0) is 19.3. The molecule has 0 saturated heterocycles. The van der Waals surface area contributed by atoms with E-state index in [2.05, 4.69) is 4.98 Å². The number of nitrogens with one attached hydrogen (secondary N) is 1. The number of Topliss-reactive ketones (excluding diaryl/α,β-unsaturated/α-hetero) is 1. The molecule has 0 unspecified atom stereocenters. The average Bonchev–Trinajstić information content (AvgIpc) is 3.15. The number of aromatic nitrogens is 1. The van der Waals surface area contributed by atoms with E-state index in [0.717, 1.165) is 16.5 Å². The Labute approximate surface area is 162 Å². The number of benzene rings is 3. The van der Waals surface area contributed by atoms with Crippen LogP contribution in [0.25, 0.3) is 10.9 Å². The molecule has 0 aliphatic rings. The molecule has 1 aromatic heterocycles. The SMILES string of the molecule is O=C(Cc1c[nH]c2ccccc12)O[C@H](C(=O)c1ccccc1)c1ccccc1. The number of ketones is 1. The first-order chi connectivity index (χ1) is 13.7. The van der Waals surface area contributed by atoms with Gasteiger partial charge in [0, 0.05) is 28.2 Å².